The molecule has 1 N–H and O–H groups in total. The molecule has 2 aliphatic heterocycles. The van der Waals surface area contributed by atoms with Crippen LogP contribution in [0.4, 0.5) is 20.3 Å². The van der Waals surface area contributed by atoms with Crippen molar-refractivity contribution in [3.63, 3.8) is 0 Å². The largest absolute Gasteiger partial charge is 0.366 e. The third kappa shape index (κ3) is 3.29. The molecule has 8 heteroatoms. The molecule has 0 saturated carbocycles. The molecule has 3 heterocycles. The van der Waals surface area contributed by atoms with Crippen LogP contribution in [0, 0.1) is 0 Å². The van der Waals surface area contributed by atoms with Crippen LogP contribution in [-0.4, -0.2) is 41.4 Å². The number of nitrogens with zero attached hydrogens (tertiary/aromatic N) is 3. The van der Waals surface area contributed by atoms with E-state index in [4.69, 9.17) is 11.6 Å². The van der Waals surface area contributed by atoms with E-state index in [-0.39, 0.29) is 11.7 Å². The normalized spacial score (nSPS) is 20.3. The molecule has 2 aliphatic rings. The lowest BCUT2D eigenvalue weighted by Gasteiger charge is -2.38. The zero-order valence-electron chi connectivity index (χ0n) is 14.2. The first-order valence-corrected chi connectivity index (χ1v) is 8.71. The van der Waals surface area contributed by atoms with Crippen LogP contribution in [0.5, 0.6) is 0 Å². The quantitative estimate of drug-likeness (QED) is 0.638. The second-order valence-electron chi connectivity index (χ2n) is 6.51. The highest BCUT2D eigenvalue weighted by Crippen LogP contribution is 2.41. The summed E-state index contributed by atoms with van der Waals surface area (Å²) >= 11 is 5.56. The average molecular weight is 371 g/mol. The number of aromatic nitrogens is 1. The van der Waals surface area contributed by atoms with Crippen LogP contribution in [0.2, 0.25) is 0 Å². The summed E-state index contributed by atoms with van der Waals surface area (Å²) in [5, 5.41) is 2.10. The Morgan fingerprint density at radius 1 is 1.56 bits per heavy atom. The smallest absolute Gasteiger partial charge is 0.278 e. The van der Waals surface area contributed by atoms with Crippen LogP contribution >= 0.6 is 11.6 Å². The van der Waals surface area contributed by atoms with Gasteiger partial charge in [-0.25, -0.2) is 13.8 Å². The number of rotatable bonds is 5. The van der Waals surface area contributed by atoms with E-state index in [9.17, 15) is 13.6 Å². The van der Waals surface area contributed by atoms with Gasteiger partial charge in [-0.3, -0.25) is 4.79 Å². The predicted octanol–water partition coefficient (Wildman–Crippen LogP) is 3.35. The van der Waals surface area contributed by atoms with Crippen LogP contribution < -0.4 is 15.1 Å². The first-order valence-electron chi connectivity index (χ1n) is 8.28. The number of anilines is 2. The molecule has 2 bridgehead atoms. The van der Waals surface area contributed by atoms with Crippen molar-refractivity contribution in [3.8, 4) is 0 Å². The van der Waals surface area contributed by atoms with E-state index in [1.807, 2.05) is 13.0 Å². The fraction of sp³-hybridized carbons (Fsp3) is 0.529. The number of allylic oxidation sites excluding steroid dienone is 1. The first-order chi connectivity index (χ1) is 11.7. The molecule has 0 radical (unpaired) electrons. The lowest BCUT2D eigenvalue weighted by atomic mass is 10.1. The van der Waals surface area contributed by atoms with E-state index in [0.29, 0.717) is 12.7 Å². The second kappa shape index (κ2) is 6.44. The minimum atomic E-state index is -3.22. The lowest BCUT2D eigenvalue weighted by Crippen LogP contribution is -2.44. The van der Waals surface area contributed by atoms with Crippen molar-refractivity contribution in [2.75, 3.05) is 22.9 Å². The molecular weight excluding hydrogens is 350 g/mol. The Bertz CT molecular complexity index is 706. The van der Waals surface area contributed by atoms with E-state index in [2.05, 4.69) is 26.7 Å². The maximum atomic E-state index is 13.2. The average Bonchev–Trinajstić information content (AvgIpc) is 2.97. The van der Waals surface area contributed by atoms with Gasteiger partial charge in [0.15, 0.2) is 11.3 Å². The van der Waals surface area contributed by atoms with Gasteiger partial charge in [-0.2, -0.15) is 0 Å². The summed E-state index contributed by atoms with van der Waals surface area (Å²) in [7, 11) is 0. The van der Waals surface area contributed by atoms with Crippen molar-refractivity contribution < 1.29 is 13.6 Å². The molecule has 1 unspecified atom stereocenters. The molecular formula is C17H21ClF2N4O. The van der Waals surface area contributed by atoms with Crippen LogP contribution in [-0.2, 0) is 0 Å². The number of nitrogens with one attached hydrogen (secondary N) is 1. The first kappa shape index (κ1) is 17.9. The monoisotopic (exact) mass is 370 g/mol. The molecule has 1 saturated heterocycles. The standard InChI is InChI=1S/C17H21ClF2N4O/c1-4-10(2)24-11-7-8-23(9-11)13-6-5-12(21-14(13)24)15(25)22-16(18)17(3,19)20/h5-6,11,16H,2,4,7-9H2,1,3H3,(H,22,25)/t11?,16-/m0/s1. The Labute approximate surface area is 150 Å². The number of fused-ring (bicyclic) bond motifs is 4. The van der Waals surface area contributed by atoms with Crippen molar-refractivity contribution in [2.45, 2.75) is 44.2 Å². The van der Waals surface area contributed by atoms with Crippen LogP contribution in [0.25, 0.3) is 0 Å². The lowest BCUT2D eigenvalue weighted by molar-refractivity contribution is 0.00843. The Kier molecular flexibility index (Phi) is 4.62. The van der Waals surface area contributed by atoms with Crippen molar-refractivity contribution in [3.05, 3.63) is 30.1 Å². The maximum Gasteiger partial charge on any atom is 0.278 e. The number of pyridine rings is 1. The van der Waals surface area contributed by atoms with Gasteiger partial charge in [0.05, 0.1) is 11.7 Å². The van der Waals surface area contributed by atoms with Crippen molar-refractivity contribution in [1.82, 2.24) is 10.3 Å². The van der Waals surface area contributed by atoms with Gasteiger partial charge in [0.2, 0.25) is 0 Å². The Morgan fingerprint density at radius 2 is 2.28 bits per heavy atom. The fourth-order valence-corrected chi connectivity index (χ4v) is 3.33. The van der Waals surface area contributed by atoms with Gasteiger partial charge in [0.1, 0.15) is 5.69 Å². The summed E-state index contributed by atoms with van der Waals surface area (Å²) in [5.74, 6) is -3.29. The molecule has 1 aromatic rings. The minimum Gasteiger partial charge on any atom is -0.366 e. The zero-order valence-corrected chi connectivity index (χ0v) is 15.0. The van der Waals surface area contributed by atoms with E-state index >= 15 is 0 Å². The molecule has 1 aromatic heterocycles. The summed E-state index contributed by atoms with van der Waals surface area (Å²) in [6.45, 7) is 8.60. The number of carbonyl (C=O) groups is 1. The van der Waals surface area contributed by atoms with Gasteiger partial charge in [-0.05, 0) is 25.0 Å². The summed E-state index contributed by atoms with van der Waals surface area (Å²) in [6, 6.07) is 3.62. The summed E-state index contributed by atoms with van der Waals surface area (Å²) in [5.41, 5.74) is 0.126. The molecule has 3 rings (SSSR count). The van der Waals surface area contributed by atoms with Crippen LogP contribution in [0.1, 0.15) is 37.2 Å². The number of carbonyl (C=O) groups excluding carboxylic acids is 1. The number of halogens is 3. The van der Waals surface area contributed by atoms with Gasteiger partial charge in [-0.1, -0.05) is 25.1 Å². The maximum absolute atomic E-state index is 13.2. The van der Waals surface area contributed by atoms with Crippen molar-refractivity contribution in [1.29, 1.82) is 0 Å². The summed E-state index contributed by atoms with van der Waals surface area (Å²) < 4.78 is 26.4. The topological polar surface area (TPSA) is 48.5 Å². The third-order valence-electron chi connectivity index (χ3n) is 4.64. The van der Waals surface area contributed by atoms with Gasteiger partial charge in [0, 0.05) is 25.7 Å². The second-order valence-corrected chi connectivity index (χ2v) is 6.95. The minimum absolute atomic E-state index is 0.0602. The van der Waals surface area contributed by atoms with Gasteiger partial charge in [-0.15, -0.1) is 0 Å². The van der Waals surface area contributed by atoms with Crippen LogP contribution in [0.3, 0.4) is 0 Å². The fourth-order valence-electron chi connectivity index (χ4n) is 3.23. The predicted molar refractivity (Wildman–Crippen MR) is 94.5 cm³/mol. The van der Waals surface area contributed by atoms with Gasteiger partial charge in [0.25, 0.3) is 11.8 Å². The summed E-state index contributed by atoms with van der Waals surface area (Å²) in [4.78, 5) is 21.0. The Hall–Kier alpha value is -1.89. The molecule has 0 spiro atoms. The SMILES string of the molecule is C=C(CC)N1c2nc(C(=O)N[C@H](Cl)C(C)(F)F)ccc2N2CCC1C2. The highest BCUT2D eigenvalue weighted by molar-refractivity contribution is 6.22. The zero-order chi connectivity index (χ0) is 18.4. The highest BCUT2D eigenvalue weighted by Gasteiger charge is 2.38. The molecule has 5 nitrogen and oxygen atoms in total. The number of amides is 1. The molecule has 1 amide bonds. The third-order valence-corrected chi connectivity index (χ3v) is 5.13. The van der Waals surface area contributed by atoms with Gasteiger partial charge >= 0.3 is 0 Å². The van der Waals surface area contributed by atoms with Crippen molar-refractivity contribution >= 4 is 29.0 Å². The van der Waals surface area contributed by atoms with E-state index < -0.39 is 17.3 Å². The van der Waals surface area contributed by atoms with E-state index in [0.717, 1.165) is 37.3 Å². The van der Waals surface area contributed by atoms with Crippen molar-refractivity contribution in [2.24, 2.45) is 0 Å². The molecule has 2 atom stereocenters. The Morgan fingerprint density at radius 3 is 2.92 bits per heavy atom. The summed E-state index contributed by atoms with van der Waals surface area (Å²) in [6.07, 6.45) is 1.75. The Balaban J connectivity index is 1.92. The van der Waals surface area contributed by atoms with Crippen LogP contribution in [0.15, 0.2) is 24.4 Å². The molecule has 1 fully saturated rings. The molecule has 0 aromatic carbocycles. The van der Waals surface area contributed by atoms with Gasteiger partial charge < -0.3 is 15.1 Å². The molecule has 136 valence electrons. The molecule has 0 aliphatic carbocycles. The number of hydrogen-bond donors (Lipinski definition) is 1. The molecule has 25 heavy (non-hydrogen) atoms. The number of hydrogen-bond acceptors (Lipinski definition) is 4. The highest BCUT2D eigenvalue weighted by atomic mass is 35.5. The van der Waals surface area contributed by atoms with E-state index in [1.165, 1.54) is 6.07 Å². The van der Waals surface area contributed by atoms with E-state index in [1.54, 1.807) is 0 Å². The number of alkyl halides is 3.